The summed E-state index contributed by atoms with van der Waals surface area (Å²) in [5.74, 6) is 0.411. The molecule has 0 amide bonds. The predicted molar refractivity (Wildman–Crippen MR) is 235 cm³/mol. The van der Waals surface area contributed by atoms with Gasteiger partial charge in [0.15, 0.2) is 0 Å². The normalized spacial score (nSPS) is 19.6. The molecule has 0 bridgehead atoms. The molecule has 2 unspecified atom stereocenters. The highest BCUT2D eigenvalue weighted by Gasteiger charge is 2.41. The second-order valence-corrected chi connectivity index (χ2v) is 16.3. The van der Waals surface area contributed by atoms with Crippen LogP contribution in [0, 0.1) is 5.92 Å². The molecular formula is C53H48N2. The average molecular weight is 713 g/mol. The Morgan fingerprint density at radius 2 is 1.22 bits per heavy atom. The van der Waals surface area contributed by atoms with Gasteiger partial charge in [0.05, 0.1) is 5.54 Å². The van der Waals surface area contributed by atoms with Crippen LogP contribution < -0.4 is 10.6 Å². The molecule has 2 nitrogen and oxygen atoms in total. The second kappa shape index (κ2) is 13.9. The van der Waals surface area contributed by atoms with Crippen LogP contribution in [0.15, 0.2) is 182 Å². The molecule has 2 heteroatoms. The minimum absolute atomic E-state index is 0.0262. The minimum Gasteiger partial charge on any atom is -0.376 e. The van der Waals surface area contributed by atoms with Crippen molar-refractivity contribution in [3.63, 3.8) is 0 Å². The van der Waals surface area contributed by atoms with Gasteiger partial charge in [-0.2, -0.15) is 0 Å². The minimum atomic E-state index is -0.212. The highest BCUT2D eigenvalue weighted by Crippen LogP contribution is 2.53. The van der Waals surface area contributed by atoms with E-state index < -0.39 is 0 Å². The Balaban J connectivity index is 0.985. The first-order valence-electron chi connectivity index (χ1n) is 19.7. The quantitative estimate of drug-likeness (QED) is 0.164. The van der Waals surface area contributed by atoms with Crippen molar-refractivity contribution >= 4 is 33.8 Å². The van der Waals surface area contributed by atoms with E-state index >= 15 is 0 Å². The first-order chi connectivity index (χ1) is 26.7. The van der Waals surface area contributed by atoms with E-state index in [9.17, 15) is 0 Å². The number of fused-ring (bicyclic) bond motifs is 3. The number of benzene rings is 6. The van der Waals surface area contributed by atoms with Gasteiger partial charge in [0.25, 0.3) is 0 Å². The van der Waals surface area contributed by atoms with Crippen LogP contribution in [0.25, 0.3) is 39.0 Å². The first kappa shape index (κ1) is 34.6. The summed E-state index contributed by atoms with van der Waals surface area (Å²) in [5.41, 5.74) is 18.7. The Kier molecular flexibility index (Phi) is 8.78. The number of allylic oxidation sites excluding steroid dienone is 6. The SMILES string of the molecule is CC1C=C(c2cccc(-c3ccccc3NC3(C)C=C4C(=CC3)c3ccccc3C4(C)C)c2)C=C(c2ccccc2Nc2ccc(-c3ccccc3)cc2)C1. The van der Waals surface area contributed by atoms with E-state index in [1.54, 1.807) is 0 Å². The number of para-hydroxylation sites is 2. The van der Waals surface area contributed by atoms with Crippen LogP contribution in [-0.2, 0) is 5.41 Å². The molecule has 2 atom stereocenters. The Morgan fingerprint density at radius 1 is 0.582 bits per heavy atom. The smallest absolute Gasteiger partial charge is 0.0569 e. The lowest BCUT2D eigenvalue weighted by Crippen LogP contribution is -2.35. The summed E-state index contributed by atoms with van der Waals surface area (Å²) < 4.78 is 0. The maximum absolute atomic E-state index is 4.02. The van der Waals surface area contributed by atoms with Crippen molar-refractivity contribution in [1.29, 1.82) is 0 Å². The van der Waals surface area contributed by atoms with E-state index in [1.165, 1.54) is 66.8 Å². The molecule has 3 aliphatic rings. The van der Waals surface area contributed by atoms with Crippen molar-refractivity contribution in [1.82, 2.24) is 0 Å². The zero-order valence-corrected chi connectivity index (χ0v) is 32.2. The summed E-state index contributed by atoms with van der Waals surface area (Å²) in [6.07, 6.45) is 11.7. The van der Waals surface area contributed by atoms with Crippen LogP contribution in [0.3, 0.4) is 0 Å². The number of rotatable bonds is 8. The number of nitrogens with one attached hydrogen (secondary N) is 2. The van der Waals surface area contributed by atoms with Gasteiger partial charge in [-0.15, -0.1) is 0 Å². The fourth-order valence-corrected chi connectivity index (χ4v) is 8.94. The zero-order chi connectivity index (χ0) is 37.6. The van der Waals surface area contributed by atoms with E-state index in [2.05, 4.69) is 214 Å². The van der Waals surface area contributed by atoms with Gasteiger partial charge in [-0.1, -0.05) is 166 Å². The molecule has 6 aromatic rings. The largest absolute Gasteiger partial charge is 0.376 e. The van der Waals surface area contributed by atoms with Gasteiger partial charge < -0.3 is 10.6 Å². The molecule has 0 saturated heterocycles. The number of anilines is 3. The average Bonchev–Trinajstić information content (AvgIpc) is 3.43. The first-order valence-corrected chi connectivity index (χ1v) is 19.7. The zero-order valence-electron chi connectivity index (χ0n) is 32.2. The van der Waals surface area contributed by atoms with Crippen LogP contribution in [0.5, 0.6) is 0 Å². The molecule has 270 valence electrons. The third-order valence-electron chi connectivity index (χ3n) is 11.8. The van der Waals surface area contributed by atoms with Gasteiger partial charge in [0, 0.05) is 33.6 Å². The summed E-state index contributed by atoms with van der Waals surface area (Å²) in [6, 6.07) is 54.8. The monoisotopic (exact) mass is 712 g/mol. The topological polar surface area (TPSA) is 24.1 Å². The lowest BCUT2D eigenvalue weighted by Gasteiger charge is -2.35. The Morgan fingerprint density at radius 3 is 2.02 bits per heavy atom. The number of hydrogen-bond acceptors (Lipinski definition) is 2. The third-order valence-corrected chi connectivity index (χ3v) is 11.8. The Bertz CT molecular complexity index is 2530. The molecule has 3 aliphatic carbocycles. The van der Waals surface area contributed by atoms with E-state index in [0.717, 1.165) is 29.9 Å². The lowest BCUT2D eigenvalue weighted by molar-refractivity contribution is 0.599. The molecule has 9 rings (SSSR count). The van der Waals surface area contributed by atoms with Crippen molar-refractivity contribution in [3.05, 3.63) is 204 Å². The maximum Gasteiger partial charge on any atom is 0.0569 e. The van der Waals surface area contributed by atoms with Crippen LogP contribution in [-0.4, -0.2) is 5.54 Å². The fourth-order valence-electron chi connectivity index (χ4n) is 8.94. The van der Waals surface area contributed by atoms with Crippen molar-refractivity contribution in [2.75, 3.05) is 10.6 Å². The van der Waals surface area contributed by atoms with Crippen molar-refractivity contribution in [2.24, 2.45) is 5.92 Å². The van der Waals surface area contributed by atoms with Crippen molar-refractivity contribution in [3.8, 4) is 22.3 Å². The molecule has 0 heterocycles. The predicted octanol–water partition coefficient (Wildman–Crippen LogP) is 14.1. The summed E-state index contributed by atoms with van der Waals surface area (Å²) >= 11 is 0. The van der Waals surface area contributed by atoms with E-state index in [-0.39, 0.29) is 11.0 Å². The van der Waals surface area contributed by atoms with Crippen LogP contribution in [0.2, 0.25) is 0 Å². The van der Waals surface area contributed by atoms with Gasteiger partial charge in [0.1, 0.15) is 0 Å². The highest BCUT2D eigenvalue weighted by molar-refractivity contribution is 5.93. The van der Waals surface area contributed by atoms with E-state index in [1.807, 2.05) is 0 Å². The third kappa shape index (κ3) is 6.67. The molecule has 2 N–H and O–H groups in total. The van der Waals surface area contributed by atoms with E-state index in [0.29, 0.717) is 5.92 Å². The van der Waals surface area contributed by atoms with Gasteiger partial charge >= 0.3 is 0 Å². The highest BCUT2D eigenvalue weighted by atomic mass is 15.0. The van der Waals surface area contributed by atoms with Gasteiger partial charge in [-0.05, 0) is 112 Å². The van der Waals surface area contributed by atoms with Crippen molar-refractivity contribution in [2.45, 2.75) is 51.5 Å². The Hall–Kier alpha value is -6.12. The standard InChI is InChI=1S/C53H48N2/c1-36-31-41(34-42(32-36)45-20-9-12-23-50(45)54-43-27-25-38(26-28-43)37-15-6-5-7-16-37)39-17-14-18-40(33-39)44-19-10-13-24-51(44)55-53(4)30-29-47-46-21-8-11-22-48(46)52(2,3)49(47)35-53/h5-29,31,33-36,54-55H,30,32H2,1-4H3. The molecule has 0 fully saturated rings. The molecule has 0 aromatic heterocycles. The Labute approximate surface area is 326 Å². The molecule has 6 aromatic carbocycles. The summed E-state index contributed by atoms with van der Waals surface area (Å²) in [7, 11) is 0. The van der Waals surface area contributed by atoms with Gasteiger partial charge in [-0.3, -0.25) is 0 Å². The second-order valence-electron chi connectivity index (χ2n) is 16.3. The lowest BCUT2D eigenvalue weighted by atomic mass is 9.76. The van der Waals surface area contributed by atoms with Crippen LogP contribution >= 0.6 is 0 Å². The molecule has 0 radical (unpaired) electrons. The summed E-state index contributed by atoms with van der Waals surface area (Å²) in [5, 5.41) is 7.76. The molecule has 0 saturated carbocycles. The molecule has 55 heavy (non-hydrogen) atoms. The van der Waals surface area contributed by atoms with E-state index in [4.69, 9.17) is 0 Å². The van der Waals surface area contributed by atoms with Crippen molar-refractivity contribution < 1.29 is 0 Å². The fraction of sp³-hybridized carbons (Fsp3) is 0.170. The van der Waals surface area contributed by atoms with Gasteiger partial charge in [0.2, 0.25) is 0 Å². The molecule has 0 aliphatic heterocycles. The maximum atomic E-state index is 4.02. The van der Waals surface area contributed by atoms with Crippen LogP contribution in [0.4, 0.5) is 17.1 Å². The molecular weight excluding hydrogens is 665 g/mol. The number of hydrogen-bond donors (Lipinski definition) is 2. The molecule has 0 spiro atoms. The summed E-state index contributed by atoms with van der Waals surface area (Å²) in [4.78, 5) is 0. The summed E-state index contributed by atoms with van der Waals surface area (Å²) in [6.45, 7) is 9.40. The van der Waals surface area contributed by atoms with Gasteiger partial charge in [-0.25, -0.2) is 0 Å². The van der Waals surface area contributed by atoms with Crippen LogP contribution in [0.1, 0.15) is 62.8 Å².